The molecule has 2 aromatic carbocycles. The van der Waals surface area contributed by atoms with Crippen LogP contribution in [0.4, 0.5) is 0 Å². The fraction of sp³-hybridized carbons (Fsp3) is 0.440. The standard InChI is InChI=1S/4C9H13.2C7H8Si.2ClH.2Ti/c4*1-6-5-7(2)9(4)8(6)3;2*1-8-7-5-3-2-4-6-7;;;;/h4*6H,1-4H3;2*2-6H,1H3;2*1H;;/q4*-1;;;;;2*+2/p-2. The molecule has 0 heterocycles. The first-order valence-corrected chi connectivity index (χ1v) is 28.1. The molecule has 4 aliphatic carbocycles. The smallest absolute Gasteiger partial charge is 1.00 e. The first kappa shape index (κ1) is 56.9. The second-order valence-electron chi connectivity index (χ2n) is 15.2. The second-order valence-corrected chi connectivity index (χ2v) is 25.9. The average Bonchev–Trinajstić information content (AvgIpc) is 3.70. The van der Waals surface area contributed by atoms with Gasteiger partial charge in [0.1, 0.15) is 0 Å². The van der Waals surface area contributed by atoms with Gasteiger partial charge in [0, 0.05) is 0 Å². The number of benzene rings is 2. The van der Waals surface area contributed by atoms with E-state index in [2.05, 4.69) is 247 Å². The molecule has 4 atom stereocenters. The Kier molecular flexibility index (Phi) is 28.8. The third kappa shape index (κ3) is 18.8. The fourth-order valence-electron chi connectivity index (χ4n) is 6.02. The van der Waals surface area contributed by atoms with Crippen LogP contribution in [-0.2, 0) is 38.3 Å². The van der Waals surface area contributed by atoms with Crippen LogP contribution in [0.5, 0.6) is 0 Å². The third-order valence-electron chi connectivity index (χ3n) is 11.4. The summed E-state index contributed by atoms with van der Waals surface area (Å²) >= 11 is 4.61. The molecule has 6 rings (SSSR count). The van der Waals surface area contributed by atoms with E-state index in [9.17, 15) is 0 Å². The maximum Gasteiger partial charge on any atom is -1.00 e. The molecule has 0 nitrogen and oxygen atoms in total. The largest absolute Gasteiger partial charge is 1.00 e. The van der Waals surface area contributed by atoms with Crippen molar-refractivity contribution in [3.63, 3.8) is 0 Å². The number of hydrogen-bond donors (Lipinski definition) is 0. The summed E-state index contributed by atoms with van der Waals surface area (Å²) in [6.45, 7) is 39.3. The molecule has 2 aromatic rings. The zero-order chi connectivity index (χ0) is 41.4. The van der Waals surface area contributed by atoms with Crippen LogP contribution in [0.2, 0.25) is 13.1 Å². The quantitative estimate of drug-likeness (QED) is 0.225. The fourth-order valence-corrected chi connectivity index (χ4v) is 8.97. The van der Waals surface area contributed by atoms with Gasteiger partial charge in [0.15, 0.2) is 0 Å². The van der Waals surface area contributed by atoms with Crippen LogP contribution in [0.15, 0.2) is 128 Å². The van der Waals surface area contributed by atoms with E-state index >= 15 is 0 Å². The van der Waals surface area contributed by atoms with Crippen LogP contribution in [0.25, 0.3) is 0 Å². The summed E-state index contributed by atoms with van der Waals surface area (Å²) in [5.41, 5.74) is 17.0. The summed E-state index contributed by atoms with van der Waals surface area (Å²) in [4.78, 5) is 0. The van der Waals surface area contributed by atoms with Crippen molar-refractivity contribution in [2.75, 3.05) is 0 Å². The normalized spacial score (nSPS) is 20.4. The Balaban J connectivity index is 0. The number of rotatable bonds is 2. The Labute approximate surface area is 382 Å². The van der Waals surface area contributed by atoms with Crippen molar-refractivity contribution >= 4 is 22.7 Å². The Hall–Kier alpha value is -1.20. The molecule has 4 unspecified atom stereocenters. The van der Waals surface area contributed by atoms with Gasteiger partial charge in [-0.2, -0.15) is 44.6 Å². The maximum atomic E-state index is 3.36. The molecule has 0 aromatic heterocycles. The van der Waals surface area contributed by atoms with Crippen molar-refractivity contribution in [1.29, 1.82) is 0 Å². The Bertz CT molecular complexity index is 1640. The predicted molar refractivity (Wildman–Crippen MR) is 235 cm³/mol. The monoisotopic (exact) mass is 890 g/mol. The summed E-state index contributed by atoms with van der Waals surface area (Å²) in [6, 6.07) is 21.4. The van der Waals surface area contributed by atoms with E-state index in [1.165, 1.54) is 77.3 Å². The van der Waals surface area contributed by atoms with Gasteiger partial charge in [0.25, 0.3) is 0 Å². The number of hydrogen-bond acceptors (Lipinski definition) is 0. The van der Waals surface area contributed by atoms with Gasteiger partial charge >= 0.3 is 135 Å². The Morgan fingerprint density at radius 2 is 0.554 bits per heavy atom. The van der Waals surface area contributed by atoms with Gasteiger partial charge in [0.05, 0.1) is 0 Å². The van der Waals surface area contributed by atoms with Crippen LogP contribution < -0.4 is 35.2 Å². The van der Waals surface area contributed by atoms with E-state index in [-0.39, 0.29) is 37.2 Å². The van der Waals surface area contributed by atoms with Crippen molar-refractivity contribution in [2.45, 2.75) is 124 Å². The second kappa shape index (κ2) is 28.3. The predicted octanol–water partition coefficient (Wildman–Crippen LogP) is 7.02. The summed E-state index contributed by atoms with van der Waals surface area (Å²) in [6.07, 6.45) is 13.0. The first-order chi connectivity index (χ1) is 25.1. The van der Waals surface area contributed by atoms with E-state index in [0.29, 0.717) is 23.7 Å². The van der Waals surface area contributed by atoms with Crippen molar-refractivity contribution < 1.29 is 63.2 Å². The molecule has 0 bridgehead atoms. The summed E-state index contributed by atoms with van der Waals surface area (Å²) in [5.74, 6) is 2.24. The molecule has 0 fully saturated rings. The molecule has 56 heavy (non-hydrogen) atoms. The van der Waals surface area contributed by atoms with Crippen LogP contribution in [-0.4, -0.2) is 12.4 Å². The van der Waals surface area contributed by atoms with Crippen LogP contribution in [0.1, 0.15) is 111 Å². The molecule has 0 N–H and O–H groups in total. The molecular formula is C50H68Cl2Si2Ti2-2. The molecule has 0 saturated heterocycles. The van der Waals surface area contributed by atoms with E-state index in [4.69, 9.17) is 0 Å². The minimum Gasteiger partial charge on any atom is -1.00 e. The van der Waals surface area contributed by atoms with Gasteiger partial charge < -0.3 is 24.8 Å². The molecule has 0 saturated carbocycles. The summed E-state index contributed by atoms with van der Waals surface area (Å²) in [7, 11) is 0. The Morgan fingerprint density at radius 3 is 0.625 bits per heavy atom. The van der Waals surface area contributed by atoms with Gasteiger partial charge in [0.2, 0.25) is 0 Å². The maximum absolute atomic E-state index is 3.36. The van der Waals surface area contributed by atoms with Crippen molar-refractivity contribution in [3.8, 4) is 0 Å². The summed E-state index contributed by atoms with van der Waals surface area (Å²) < 4.78 is 0. The molecule has 300 valence electrons. The molecule has 0 amide bonds. The number of allylic oxidation sites excluding steroid dienone is 16. The van der Waals surface area contributed by atoms with Crippen LogP contribution >= 0.6 is 0 Å². The van der Waals surface area contributed by atoms with E-state index in [1.807, 2.05) is 0 Å². The van der Waals surface area contributed by atoms with Gasteiger partial charge in [-0.15, -0.1) is 27.7 Å². The Morgan fingerprint density at radius 1 is 0.375 bits per heavy atom. The van der Waals surface area contributed by atoms with E-state index in [1.54, 1.807) is 0 Å². The topological polar surface area (TPSA) is 0 Å². The minimum absolute atomic E-state index is 0. The zero-order valence-electron chi connectivity index (χ0n) is 37.8. The molecule has 4 aliphatic rings. The van der Waals surface area contributed by atoms with Crippen molar-refractivity contribution in [2.24, 2.45) is 23.7 Å². The van der Waals surface area contributed by atoms with Gasteiger partial charge in [-0.25, -0.2) is 22.3 Å². The first-order valence-electron chi connectivity index (χ1n) is 19.4. The third-order valence-corrected chi connectivity index (χ3v) is 16.5. The van der Waals surface area contributed by atoms with Crippen molar-refractivity contribution in [3.05, 3.63) is 152 Å². The van der Waals surface area contributed by atoms with Crippen LogP contribution in [0.3, 0.4) is 0 Å². The average molecular weight is 892 g/mol. The van der Waals surface area contributed by atoms with Gasteiger partial charge in [-0.3, -0.25) is 24.3 Å². The van der Waals surface area contributed by atoms with Gasteiger partial charge in [-0.1, -0.05) is 107 Å². The molecular weight excluding hydrogens is 823 g/mol. The van der Waals surface area contributed by atoms with Gasteiger partial charge in [-0.05, 0) is 0 Å². The van der Waals surface area contributed by atoms with Crippen molar-refractivity contribution in [1.82, 2.24) is 0 Å². The molecule has 0 radical (unpaired) electrons. The molecule has 0 spiro atoms. The van der Waals surface area contributed by atoms with Crippen LogP contribution in [0, 0.1) is 48.0 Å². The van der Waals surface area contributed by atoms with E-state index < -0.39 is 0 Å². The molecule has 6 heteroatoms. The zero-order valence-corrected chi connectivity index (χ0v) is 44.5. The number of halogens is 2. The SMILES string of the molecule is CC1=[C-]C(C)C(C)=C1C.CC1=[C-]C(C)C(C)=C1C.CC1=[C-]C(C)C(C)=C1C.CC1=[C-]C(C)C(C)=C1C.C[Si](=[Ti+2])c1ccccc1.C[Si](=[Ti+2])c1ccccc1.[Cl-].[Cl-]. The summed E-state index contributed by atoms with van der Waals surface area (Å²) in [5, 5.41) is 3.03. The van der Waals surface area contributed by atoms with E-state index in [0.717, 1.165) is 0 Å². The molecule has 0 aliphatic heterocycles. The minimum atomic E-state index is -0.212.